The van der Waals surface area contributed by atoms with Gasteiger partial charge in [-0.2, -0.15) is 13.2 Å². The van der Waals surface area contributed by atoms with E-state index in [1.807, 2.05) is 55.7 Å². The normalized spacial score (nSPS) is 12.9. The minimum atomic E-state index is -5.08. The van der Waals surface area contributed by atoms with Crippen molar-refractivity contribution >= 4 is 23.8 Å². The van der Waals surface area contributed by atoms with Crippen LogP contribution in [-0.2, 0) is 30.5 Å². The highest BCUT2D eigenvalue weighted by Gasteiger charge is 2.39. The monoisotopic (exact) mass is 768 g/mol. The first-order chi connectivity index (χ1) is 24.9. The summed E-state index contributed by atoms with van der Waals surface area (Å²) in [7, 11) is 0. The van der Waals surface area contributed by atoms with Gasteiger partial charge in [0.2, 0.25) is 11.8 Å². The van der Waals surface area contributed by atoms with Crippen LogP contribution in [0.2, 0.25) is 0 Å². The van der Waals surface area contributed by atoms with Crippen molar-refractivity contribution in [3.8, 4) is 11.1 Å². The first kappa shape index (κ1) is 45.3. The lowest BCUT2D eigenvalue weighted by Gasteiger charge is -2.41. The van der Waals surface area contributed by atoms with E-state index in [9.17, 15) is 41.4 Å². The fourth-order valence-corrected chi connectivity index (χ4v) is 5.48. The number of hydrogen-bond acceptors (Lipinski definition) is 7. The van der Waals surface area contributed by atoms with E-state index >= 15 is 0 Å². The molecule has 3 aromatic rings. The van der Waals surface area contributed by atoms with E-state index in [1.165, 1.54) is 4.90 Å². The Balaban J connectivity index is 0.00000131. The maximum Gasteiger partial charge on any atom is 0.490 e. The van der Waals surface area contributed by atoms with Gasteiger partial charge in [-0.05, 0) is 68.9 Å². The largest absolute Gasteiger partial charge is 0.490 e. The number of nitrogens with zero attached hydrogens (tertiary/aromatic N) is 2. The van der Waals surface area contributed by atoms with Gasteiger partial charge in [0.1, 0.15) is 23.8 Å². The van der Waals surface area contributed by atoms with Gasteiger partial charge in [0.05, 0.1) is 12.1 Å². The summed E-state index contributed by atoms with van der Waals surface area (Å²) in [5.41, 5.74) is 7.14. The number of esters is 1. The van der Waals surface area contributed by atoms with Crippen LogP contribution in [0.3, 0.4) is 0 Å². The lowest BCUT2D eigenvalue weighted by Crippen LogP contribution is -2.47. The molecule has 0 saturated heterocycles. The Kier molecular flexibility index (Phi) is 16.4. The maximum absolute atomic E-state index is 15.0. The third kappa shape index (κ3) is 14.5. The van der Waals surface area contributed by atoms with Crippen LogP contribution in [0.15, 0.2) is 60.8 Å². The molecule has 2 aromatic carbocycles. The summed E-state index contributed by atoms with van der Waals surface area (Å²) in [6.07, 6.45) is -2.75. The van der Waals surface area contributed by atoms with Gasteiger partial charge in [-0.25, -0.2) is 13.6 Å². The van der Waals surface area contributed by atoms with Gasteiger partial charge in [-0.3, -0.25) is 14.4 Å². The van der Waals surface area contributed by atoms with E-state index in [1.54, 1.807) is 33.0 Å². The standard InChI is InChI=1S/C36H48F2N4O5.C2HF3O2/c1-35(2,3)33(42(31(44)23-43)18-16-29(39)34(46)40-17-10-13-32(45)47-36(4,5)6)30-19-25(27-20-26(37)14-15-28(27)38)22-41(30)21-24-11-8-7-9-12-24;3-2(4,5)1(6)7/h7-9,11-12,14-15,19-20,22,29,33,43H,10,13,16-18,21,23,39H2,1-6H3,(H,40,46);(H,6,7)/t29-,33-;/m0./s1. The number of hydrogen-bond donors (Lipinski definition) is 4. The molecule has 2 atom stereocenters. The van der Waals surface area contributed by atoms with Gasteiger partial charge in [0, 0.05) is 49.1 Å². The molecule has 5 N–H and O–H groups in total. The van der Waals surface area contributed by atoms with Gasteiger partial charge in [0.15, 0.2) is 0 Å². The number of aliphatic hydroxyl groups excluding tert-OH is 1. The van der Waals surface area contributed by atoms with Crippen LogP contribution < -0.4 is 11.1 Å². The quantitative estimate of drug-likeness (QED) is 0.0885. The number of carbonyl (C=O) groups is 4. The molecule has 0 aliphatic carbocycles. The molecule has 16 heteroatoms. The average Bonchev–Trinajstić information content (AvgIpc) is 3.46. The molecule has 0 fully saturated rings. The second-order valence-corrected chi connectivity index (χ2v) is 14.6. The van der Waals surface area contributed by atoms with Gasteiger partial charge in [0.25, 0.3) is 0 Å². The molecule has 54 heavy (non-hydrogen) atoms. The number of alkyl halides is 3. The summed E-state index contributed by atoms with van der Waals surface area (Å²) >= 11 is 0. The van der Waals surface area contributed by atoms with Gasteiger partial charge < -0.3 is 35.5 Å². The number of carboxylic acid groups (broad SMARTS) is 1. The van der Waals surface area contributed by atoms with Crippen LogP contribution in [-0.4, -0.2) is 80.9 Å². The van der Waals surface area contributed by atoms with E-state index < -0.39 is 65.3 Å². The van der Waals surface area contributed by atoms with Crippen LogP contribution in [0.5, 0.6) is 0 Å². The highest BCUT2D eigenvalue weighted by Crippen LogP contribution is 2.41. The van der Waals surface area contributed by atoms with Gasteiger partial charge >= 0.3 is 18.1 Å². The van der Waals surface area contributed by atoms with E-state index in [0.717, 1.165) is 23.8 Å². The van der Waals surface area contributed by atoms with Crippen LogP contribution in [0.1, 0.15) is 78.1 Å². The number of aliphatic hydroxyl groups is 1. The molecule has 1 heterocycles. The first-order valence-corrected chi connectivity index (χ1v) is 17.1. The summed E-state index contributed by atoms with van der Waals surface area (Å²) in [6.45, 7) is 11.0. The summed E-state index contributed by atoms with van der Waals surface area (Å²) in [6, 6.07) is 13.0. The maximum atomic E-state index is 15.0. The Morgan fingerprint density at radius 3 is 2.11 bits per heavy atom. The van der Waals surface area contributed by atoms with Gasteiger partial charge in [-0.1, -0.05) is 51.1 Å². The van der Waals surface area contributed by atoms with Crippen molar-refractivity contribution in [2.75, 3.05) is 19.7 Å². The van der Waals surface area contributed by atoms with Crippen molar-refractivity contribution in [3.05, 3.63) is 83.7 Å². The Morgan fingerprint density at radius 2 is 1.57 bits per heavy atom. The molecule has 2 amide bonds. The van der Waals surface area contributed by atoms with Crippen molar-refractivity contribution in [1.29, 1.82) is 0 Å². The Hall–Kier alpha value is -4.83. The first-order valence-electron chi connectivity index (χ1n) is 17.1. The van der Waals surface area contributed by atoms with Gasteiger partial charge in [-0.15, -0.1) is 0 Å². The predicted molar refractivity (Wildman–Crippen MR) is 191 cm³/mol. The summed E-state index contributed by atoms with van der Waals surface area (Å²) in [5.74, 6) is -5.29. The number of rotatable bonds is 14. The highest BCUT2D eigenvalue weighted by molar-refractivity contribution is 5.82. The molecule has 11 nitrogen and oxygen atoms in total. The van der Waals surface area contributed by atoms with Crippen molar-refractivity contribution in [2.45, 2.75) is 91.2 Å². The number of nitrogens with one attached hydrogen (secondary N) is 1. The molecular formula is C38H49F5N4O7. The number of aromatic nitrogens is 1. The number of halogens is 5. The fourth-order valence-electron chi connectivity index (χ4n) is 5.48. The van der Waals surface area contributed by atoms with Crippen LogP contribution in [0.4, 0.5) is 22.0 Å². The third-order valence-electron chi connectivity index (χ3n) is 7.77. The predicted octanol–water partition coefficient (Wildman–Crippen LogP) is 5.98. The number of nitrogens with two attached hydrogens (primary N) is 1. The van der Waals surface area contributed by atoms with Crippen LogP contribution >= 0.6 is 0 Å². The number of carboxylic acids is 1. The number of amides is 2. The smallest absolute Gasteiger partial charge is 0.475 e. The van der Waals surface area contributed by atoms with Crippen molar-refractivity contribution < 1.29 is 56.1 Å². The van der Waals surface area contributed by atoms with E-state index in [0.29, 0.717) is 24.2 Å². The van der Waals surface area contributed by atoms with Crippen LogP contribution in [0, 0.1) is 17.0 Å². The summed E-state index contributed by atoms with van der Waals surface area (Å²) in [4.78, 5) is 48.5. The summed E-state index contributed by atoms with van der Waals surface area (Å²) < 4.78 is 68.1. The molecule has 3 rings (SSSR count). The summed E-state index contributed by atoms with van der Waals surface area (Å²) in [5, 5.41) is 19.9. The lowest BCUT2D eigenvalue weighted by atomic mass is 9.82. The van der Waals surface area contributed by atoms with E-state index in [4.69, 9.17) is 20.4 Å². The zero-order chi connectivity index (χ0) is 41.0. The fraction of sp³-hybridized carbons (Fsp3) is 0.474. The average molecular weight is 769 g/mol. The molecule has 0 radical (unpaired) electrons. The van der Waals surface area contributed by atoms with E-state index in [-0.39, 0.29) is 37.5 Å². The Labute approximate surface area is 311 Å². The molecular weight excluding hydrogens is 719 g/mol. The van der Waals surface area contributed by atoms with Crippen molar-refractivity contribution in [3.63, 3.8) is 0 Å². The van der Waals surface area contributed by atoms with E-state index in [2.05, 4.69) is 5.32 Å². The van der Waals surface area contributed by atoms with Crippen molar-refractivity contribution in [2.24, 2.45) is 11.1 Å². The third-order valence-corrected chi connectivity index (χ3v) is 7.77. The Bertz CT molecular complexity index is 1720. The molecule has 0 aliphatic rings. The molecule has 0 spiro atoms. The SMILES string of the molecule is CC(C)(C)OC(=O)CCCNC(=O)[C@@H](N)CCN(C(=O)CO)[C@@H](c1cc(-c2cc(F)ccc2F)cn1Cc1ccccc1)C(C)(C)C.O=C(O)C(F)(F)F. The molecule has 298 valence electrons. The minimum absolute atomic E-state index is 0.0357. The molecule has 0 aliphatic heterocycles. The number of aliphatic carboxylic acids is 1. The number of benzene rings is 2. The minimum Gasteiger partial charge on any atom is -0.475 e. The molecule has 1 aromatic heterocycles. The molecule has 0 unspecified atom stereocenters. The topological polar surface area (TPSA) is 164 Å². The molecule has 0 bridgehead atoms. The zero-order valence-electron chi connectivity index (χ0n) is 31.2. The second kappa shape index (κ2) is 19.5. The number of ether oxygens (including phenoxy) is 1. The highest BCUT2D eigenvalue weighted by atomic mass is 19.4. The second-order valence-electron chi connectivity index (χ2n) is 14.6. The lowest BCUT2D eigenvalue weighted by molar-refractivity contribution is -0.192. The van der Waals surface area contributed by atoms with Crippen molar-refractivity contribution in [1.82, 2.24) is 14.8 Å². The Morgan fingerprint density at radius 1 is 0.963 bits per heavy atom. The zero-order valence-corrected chi connectivity index (χ0v) is 31.2. The van der Waals surface area contributed by atoms with Crippen LogP contribution in [0.25, 0.3) is 11.1 Å². The number of carbonyl (C=O) groups excluding carboxylic acids is 3. The molecule has 0 saturated carbocycles.